The van der Waals surface area contributed by atoms with Gasteiger partial charge in [0, 0.05) is 17.4 Å². The number of aromatic hydroxyl groups is 1. The summed E-state index contributed by atoms with van der Waals surface area (Å²) in [5.41, 5.74) is 1.06. The van der Waals surface area contributed by atoms with Gasteiger partial charge in [0.2, 0.25) is 5.91 Å². The summed E-state index contributed by atoms with van der Waals surface area (Å²) in [7, 11) is 0. The standard InChI is InChI=1S/C18H21N3O3/c1-18(2,3)21-17(24)15-11-13(7-8-19-15)20-16(23)10-12-5-4-6-14(22)9-12/h4-9,11,22H,10H2,1-3H3,(H,21,24)(H,19,20,23). The Kier molecular flexibility index (Phi) is 5.18. The smallest absolute Gasteiger partial charge is 0.270 e. The summed E-state index contributed by atoms with van der Waals surface area (Å²) in [6.45, 7) is 5.64. The number of nitrogens with zero attached hydrogens (tertiary/aromatic N) is 1. The number of hydrogen-bond acceptors (Lipinski definition) is 4. The molecule has 2 amide bonds. The fourth-order valence-corrected chi connectivity index (χ4v) is 2.09. The van der Waals surface area contributed by atoms with Crippen LogP contribution in [0.25, 0.3) is 0 Å². The molecule has 0 aliphatic carbocycles. The zero-order chi connectivity index (χ0) is 17.7. The van der Waals surface area contributed by atoms with Crippen LogP contribution in [-0.2, 0) is 11.2 Å². The molecule has 126 valence electrons. The number of benzene rings is 1. The van der Waals surface area contributed by atoms with Gasteiger partial charge in [-0.3, -0.25) is 14.6 Å². The highest BCUT2D eigenvalue weighted by molar-refractivity contribution is 5.96. The van der Waals surface area contributed by atoms with E-state index < -0.39 is 0 Å². The fraction of sp³-hybridized carbons (Fsp3) is 0.278. The van der Waals surface area contributed by atoms with E-state index >= 15 is 0 Å². The Bertz CT molecular complexity index is 751. The minimum atomic E-state index is -0.368. The number of carbonyl (C=O) groups is 2. The summed E-state index contributed by atoms with van der Waals surface area (Å²) in [5, 5.41) is 15.0. The Morgan fingerprint density at radius 1 is 1.17 bits per heavy atom. The van der Waals surface area contributed by atoms with Crippen LogP contribution in [0.5, 0.6) is 5.75 Å². The molecule has 6 nitrogen and oxygen atoms in total. The summed E-state index contributed by atoms with van der Waals surface area (Å²) in [5.74, 6) is -0.425. The number of amides is 2. The summed E-state index contributed by atoms with van der Waals surface area (Å²) in [6.07, 6.45) is 1.60. The molecule has 2 rings (SSSR count). The number of nitrogens with one attached hydrogen (secondary N) is 2. The second-order valence-corrected chi connectivity index (χ2v) is 6.53. The van der Waals surface area contributed by atoms with Crippen LogP contribution in [0.3, 0.4) is 0 Å². The minimum absolute atomic E-state index is 0.116. The van der Waals surface area contributed by atoms with Crippen molar-refractivity contribution in [3.8, 4) is 5.75 Å². The third kappa shape index (κ3) is 5.39. The van der Waals surface area contributed by atoms with Gasteiger partial charge in [-0.05, 0) is 50.6 Å². The molecule has 0 atom stereocenters. The summed E-state index contributed by atoms with van der Waals surface area (Å²) in [4.78, 5) is 28.2. The van der Waals surface area contributed by atoms with Crippen LogP contribution in [0, 0.1) is 0 Å². The molecule has 0 saturated heterocycles. The van der Waals surface area contributed by atoms with E-state index in [4.69, 9.17) is 0 Å². The van der Waals surface area contributed by atoms with Crippen molar-refractivity contribution >= 4 is 17.5 Å². The Hall–Kier alpha value is -2.89. The third-order valence-electron chi connectivity index (χ3n) is 3.04. The molecule has 3 N–H and O–H groups in total. The molecule has 0 aliphatic rings. The SMILES string of the molecule is CC(C)(C)NC(=O)c1cc(NC(=O)Cc2cccc(O)c2)ccn1. The van der Waals surface area contributed by atoms with Crippen LogP contribution >= 0.6 is 0 Å². The fourth-order valence-electron chi connectivity index (χ4n) is 2.09. The summed E-state index contributed by atoms with van der Waals surface area (Å²) >= 11 is 0. The molecule has 0 radical (unpaired) electrons. The molecule has 0 aliphatic heterocycles. The predicted molar refractivity (Wildman–Crippen MR) is 91.9 cm³/mol. The van der Waals surface area contributed by atoms with Crippen molar-refractivity contribution < 1.29 is 14.7 Å². The lowest BCUT2D eigenvalue weighted by Gasteiger charge is -2.20. The topological polar surface area (TPSA) is 91.3 Å². The van der Waals surface area contributed by atoms with Crippen molar-refractivity contribution in [2.75, 3.05) is 5.32 Å². The van der Waals surface area contributed by atoms with E-state index in [1.54, 1.807) is 24.3 Å². The van der Waals surface area contributed by atoms with Crippen LogP contribution in [0.4, 0.5) is 5.69 Å². The number of anilines is 1. The maximum absolute atomic E-state index is 12.1. The number of pyridine rings is 1. The average molecular weight is 327 g/mol. The van der Waals surface area contributed by atoms with E-state index in [0.29, 0.717) is 11.3 Å². The van der Waals surface area contributed by atoms with Gasteiger partial charge in [-0.25, -0.2) is 0 Å². The number of carbonyl (C=O) groups excluding carboxylic acids is 2. The highest BCUT2D eigenvalue weighted by atomic mass is 16.3. The largest absolute Gasteiger partial charge is 0.508 e. The minimum Gasteiger partial charge on any atom is -0.508 e. The van der Waals surface area contributed by atoms with E-state index in [0.717, 1.165) is 0 Å². The Labute approximate surface area is 140 Å². The summed E-state index contributed by atoms with van der Waals surface area (Å²) < 4.78 is 0. The number of aromatic nitrogens is 1. The van der Waals surface area contributed by atoms with Crippen LogP contribution < -0.4 is 10.6 Å². The van der Waals surface area contributed by atoms with Gasteiger partial charge in [0.15, 0.2) is 0 Å². The zero-order valence-corrected chi connectivity index (χ0v) is 14.0. The normalized spacial score (nSPS) is 11.0. The molecular weight excluding hydrogens is 306 g/mol. The maximum Gasteiger partial charge on any atom is 0.270 e. The number of phenols is 1. The van der Waals surface area contributed by atoms with Crippen LogP contribution in [0.15, 0.2) is 42.6 Å². The Balaban J connectivity index is 2.03. The molecule has 0 unspecified atom stereocenters. The monoisotopic (exact) mass is 327 g/mol. The van der Waals surface area contributed by atoms with E-state index in [2.05, 4.69) is 15.6 Å². The predicted octanol–water partition coefficient (Wildman–Crippen LogP) is 2.50. The van der Waals surface area contributed by atoms with Crippen molar-refractivity contribution in [1.82, 2.24) is 10.3 Å². The van der Waals surface area contributed by atoms with Crippen LogP contribution in [0.2, 0.25) is 0 Å². The molecule has 6 heteroatoms. The lowest BCUT2D eigenvalue weighted by molar-refractivity contribution is -0.115. The van der Waals surface area contributed by atoms with Gasteiger partial charge in [0.05, 0.1) is 6.42 Å². The van der Waals surface area contributed by atoms with E-state index in [-0.39, 0.29) is 35.2 Å². The highest BCUT2D eigenvalue weighted by Crippen LogP contribution is 2.13. The van der Waals surface area contributed by atoms with Crippen molar-refractivity contribution in [3.05, 3.63) is 53.9 Å². The molecule has 0 spiro atoms. The number of rotatable bonds is 4. The van der Waals surface area contributed by atoms with Gasteiger partial charge in [-0.15, -0.1) is 0 Å². The zero-order valence-electron chi connectivity index (χ0n) is 14.0. The van der Waals surface area contributed by atoms with Crippen molar-refractivity contribution in [2.24, 2.45) is 0 Å². The Morgan fingerprint density at radius 2 is 1.92 bits per heavy atom. The average Bonchev–Trinajstić information content (AvgIpc) is 2.45. The molecule has 0 fully saturated rings. The van der Waals surface area contributed by atoms with Gasteiger partial charge >= 0.3 is 0 Å². The molecule has 2 aromatic rings. The van der Waals surface area contributed by atoms with E-state index in [1.807, 2.05) is 20.8 Å². The van der Waals surface area contributed by atoms with E-state index in [9.17, 15) is 14.7 Å². The highest BCUT2D eigenvalue weighted by Gasteiger charge is 2.16. The van der Waals surface area contributed by atoms with Gasteiger partial charge in [0.1, 0.15) is 11.4 Å². The van der Waals surface area contributed by atoms with Crippen molar-refractivity contribution in [1.29, 1.82) is 0 Å². The molecule has 0 bridgehead atoms. The van der Waals surface area contributed by atoms with Gasteiger partial charge in [-0.1, -0.05) is 12.1 Å². The van der Waals surface area contributed by atoms with Crippen molar-refractivity contribution in [3.63, 3.8) is 0 Å². The van der Waals surface area contributed by atoms with Gasteiger partial charge in [0.25, 0.3) is 5.91 Å². The molecular formula is C18H21N3O3. The second kappa shape index (κ2) is 7.12. The van der Waals surface area contributed by atoms with Gasteiger partial charge in [-0.2, -0.15) is 0 Å². The number of hydrogen-bond donors (Lipinski definition) is 3. The maximum atomic E-state index is 12.1. The van der Waals surface area contributed by atoms with Gasteiger partial charge < -0.3 is 15.7 Å². The Morgan fingerprint density at radius 3 is 2.58 bits per heavy atom. The molecule has 1 aromatic heterocycles. The number of phenolic OH excluding ortho intramolecular Hbond substituents is 1. The van der Waals surface area contributed by atoms with E-state index in [1.165, 1.54) is 18.3 Å². The molecule has 0 saturated carbocycles. The van der Waals surface area contributed by atoms with Crippen LogP contribution in [-0.4, -0.2) is 27.4 Å². The summed E-state index contributed by atoms with van der Waals surface area (Å²) in [6, 6.07) is 9.67. The third-order valence-corrected chi connectivity index (χ3v) is 3.04. The molecule has 1 heterocycles. The quantitative estimate of drug-likeness (QED) is 0.804. The second-order valence-electron chi connectivity index (χ2n) is 6.53. The van der Waals surface area contributed by atoms with Crippen molar-refractivity contribution in [2.45, 2.75) is 32.7 Å². The first-order valence-electron chi connectivity index (χ1n) is 7.59. The van der Waals surface area contributed by atoms with Crippen LogP contribution in [0.1, 0.15) is 36.8 Å². The lowest BCUT2D eigenvalue weighted by atomic mass is 10.1. The lowest BCUT2D eigenvalue weighted by Crippen LogP contribution is -2.40. The first kappa shape index (κ1) is 17.5. The molecule has 1 aromatic carbocycles. The first-order chi connectivity index (χ1) is 11.2. The molecule has 24 heavy (non-hydrogen) atoms. The first-order valence-corrected chi connectivity index (χ1v) is 7.59.